The van der Waals surface area contributed by atoms with Crippen LogP contribution < -0.4 is 30.5 Å². The molecule has 0 atom stereocenters. The van der Waals surface area contributed by atoms with Gasteiger partial charge in [-0.05, 0) is 75.3 Å². The maximum Gasteiger partial charge on any atom is 0.242 e. The number of rotatable bonds is 9. The number of allylic oxidation sites excluding steroid dienone is 7. The zero-order valence-corrected chi connectivity index (χ0v) is 23.4. The quantitative estimate of drug-likeness (QED) is 0.472. The first-order chi connectivity index (χ1) is 18.4. The van der Waals surface area contributed by atoms with Crippen LogP contribution in [0.5, 0.6) is 11.5 Å². The molecule has 1 aliphatic carbocycles. The Balaban J connectivity index is 1.50. The molecule has 0 unspecified atom stereocenters. The van der Waals surface area contributed by atoms with Crippen LogP contribution in [0.4, 0.5) is 5.82 Å². The van der Waals surface area contributed by atoms with E-state index in [1.807, 2.05) is 19.2 Å². The van der Waals surface area contributed by atoms with Crippen LogP contribution >= 0.6 is 0 Å². The lowest BCUT2D eigenvalue weighted by Gasteiger charge is -2.18. The van der Waals surface area contributed by atoms with Crippen LogP contribution in [0.1, 0.15) is 65.9 Å². The predicted molar refractivity (Wildman–Crippen MR) is 153 cm³/mol. The molecule has 6 nitrogen and oxygen atoms in total. The number of nitrogens with zero attached hydrogens (tertiary/aromatic N) is 2. The average Bonchev–Trinajstić information content (AvgIpc) is 2.88. The first kappa shape index (κ1) is 27.4. The Hall–Kier alpha value is -3.67. The standard InChI is InChI=1S/C32H40N4O2/c1-6-37-29-19-25(12-15-28(29)38-27-14-11-23(4)10-13-26(20-27)22(2)3)16-18-34-32-30-24(5)9-7-8-17-33-31(30)35-21-36-32/h8,10,12-13,15,17,19-22H,6-7,9,11,14,16,18H2,1-5H3,(H,33,34,35,36)/p+1. The summed E-state index contributed by atoms with van der Waals surface area (Å²) in [5, 5.41) is 4.64. The molecule has 1 aromatic heterocycles. The second-order valence-corrected chi connectivity index (χ2v) is 10.2. The summed E-state index contributed by atoms with van der Waals surface area (Å²) in [5.41, 5.74) is 5.86. The summed E-state index contributed by atoms with van der Waals surface area (Å²) in [4.78, 5) is 12.3. The van der Waals surface area contributed by atoms with Crippen LogP contribution in [0.2, 0.25) is 0 Å². The monoisotopic (exact) mass is 513 g/mol. The van der Waals surface area contributed by atoms with Crippen molar-refractivity contribution in [3.8, 4) is 11.5 Å². The Kier molecular flexibility index (Phi) is 9.52. The number of nitrogens with one attached hydrogen (secondary N) is 2. The Morgan fingerprint density at radius 3 is 2.76 bits per heavy atom. The van der Waals surface area contributed by atoms with Gasteiger partial charge in [0, 0.05) is 19.0 Å². The summed E-state index contributed by atoms with van der Waals surface area (Å²) >= 11 is 0. The lowest BCUT2D eigenvalue weighted by Crippen LogP contribution is -2.39. The molecule has 0 saturated heterocycles. The van der Waals surface area contributed by atoms with Gasteiger partial charge in [0.2, 0.25) is 17.6 Å². The number of H-pyrrole nitrogens is 1. The Morgan fingerprint density at radius 1 is 1.08 bits per heavy atom. The molecule has 4 rings (SSSR count). The average molecular weight is 514 g/mol. The minimum Gasteiger partial charge on any atom is -0.490 e. The highest BCUT2D eigenvalue weighted by Gasteiger charge is 2.14. The Bertz CT molecular complexity index is 1380. The fourth-order valence-corrected chi connectivity index (χ4v) is 4.59. The van der Waals surface area contributed by atoms with Crippen molar-refractivity contribution in [1.29, 1.82) is 0 Å². The third-order valence-electron chi connectivity index (χ3n) is 6.87. The molecule has 0 fully saturated rings. The third kappa shape index (κ3) is 7.21. The number of aromatic nitrogens is 2. The molecule has 0 amide bonds. The predicted octanol–water partition coefficient (Wildman–Crippen LogP) is 5.63. The zero-order chi connectivity index (χ0) is 26.9. The molecule has 2 heterocycles. The van der Waals surface area contributed by atoms with E-state index in [4.69, 9.17) is 9.47 Å². The SMILES string of the molecule is CCOc1cc(CCNc2[nH+]cnc3c2=C(C)CCC=CN=3)ccc1OC1=CC(C(C)C)=CC=C(C)CC1. The molecule has 0 bridgehead atoms. The maximum absolute atomic E-state index is 6.45. The van der Waals surface area contributed by atoms with Crippen LogP contribution in [0.3, 0.4) is 0 Å². The summed E-state index contributed by atoms with van der Waals surface area (Å²) in [5.74, 6) is 3.92. The van der Waals surface area contributed by atoms with Gasteiger partial charge in [0.15, 0.2) is 11.5 Å². The van der Waals surface area contributed by atoms with Gasteiger partial charge in [-0.1, -0.05) is 54.3 Å². The van der Waals surface area contributed by atoms with Gasteiger partial charge >= 0.3 is 0 Å². The van der Waals surface area contributed by atoms with E-state index in [9.17, 15) is 0 Å². The first-order valence-corrected chi connectivity index (χ1v) is 13.8. The van der Waals surface area contributed by atoms with E-state index in [2.05, 4.69) is 84.4 Å². The zero-order valence-electron chi connectivity index (χ0n) is 23.4. The minimum atomic E-state index is 0.431. The molecule has 0 radical (unpaired) electrons. The highest BCUT2D eigenvalue weighted by atomic mass is 16.5. The van der Waals surface area contributed by atoms with E-state index in [1.165, 1.54) is 22.3 Å². The molecular formula is C32H41N4O2+. The number of ether oxygens (including phenoxy) is 2. The van der Waals surface area contributed by atoms with Crippen molar-refractivity contribution in [3.05, 3.63) is 88.2 Å². The molecule has 1 aliphatic heterocycles. The fourth-order valence-electron chi connectivity index (χ4n) is 4.59. The lowest BCUT2D eigenvalue weighted by molar-refractivity contribution is -0.367. The van der Waals surface area contributed by atoms with Gasteiger partial charge in [0.1, 0.15) is 11.0 Å². The van der Waals surface area contributed by atoms with Crippen LogP contribution in [0, 0.1) is 5.92 Å². The highest BCUT2D eigenvalue weighted by molar-refractivity contribution is 5.49. The van der Waals surface area contributed by atoms with Crippen molar-refractivity contribution in [3.63, 3.8) is 0 Å². The van der Waals surface area contributed by atoms with Crippen molar-refractivity contribution in [2.24, 2.45) is 10.9 Å². The lowest BCUT2D eigenvalue weighted by atomic mass is 9.97. The number of fused-ring (bicyclic) bond motifs is 1. The van der Waals surface area contributed by atoms with E-state index in [-0.39, 0.29) is 0 Å². The third-order valence-corrected chi connectivity index (χ3v) is 6.87. The van der Waals surface area contributed by atoms with Crippen LogP contribution in [-0.2, 0) is 6.42 Å². The fraction of sp³-hybridized carbons (Fsp3) is 0.406. The molecule has 2 aliphatic rings. The van der Waals surface area contributed by atoms with Gasteiger partial charge in [-0.25, -0.2) is 9.98 Å². The molecule has 0 spiro atoms. The summed E-state index contributed by atoms with van der Waals surface area (Å²) in [6.07, 6.45) is 17.0. The molecular weight excluding hydrogens is 472 g/mol. The van der Waals surface area contributed by atoms with Crippen molar-refractivity contribution in [1.82, 2.24) is 4.98 Å². The van der Waals surface area contributed by atoms with E-state index in [0.29, 0.717) is 12.5 Å². The van der Waals surface area contributed by atoms with Gasteiger partial charge < -0.3 is 14.8 Å². The molecule has 38 heavy (non-hydrogen) atoms. The Morgan fingerprint density at radius 2 is 1.95 bits per heavy atom. The van der Waals surface area contributed by atoms with Crippen LogP contribution in [0.25, 0.3) is 5.57 Å². The van der Waals surface area contributed by atoms with Crippen molar-refractivity contribution in [2.45, 2.75) is 66.7 Å². The number of aromatic amines is 1. The molecule has 1 aromatic carbocycles. The molecule has 200 valence electrons. The van der Waals surface area contributed by atoms with E-state index >= 15 is 0 Å². The number of hydrogen-bond acceptors (Lipinski definition) is 5. The van der Waals surface area contributed by atoms with Crippen LogP contribution in [-0.4, -0.2) is 18.1 Å². The largest absolute Gasteiger partial charge is 0.490 e. The summed E-state index contributed by atoms with van der Waals surface area (Å²) < 4.78 is 12.5. The molecule has 0 saturated carbocycles. The van der Waals surface area contributed by atoms with E-state index < -0.39 is 0 Å². The van der Waals surface area contributed by atoms with Crippen molar-refractivity contribution in [2.75, 3.05) is 18.5 Å². The normalized spacial score (nSPS) is 15.6. The van der Waals surface area contributed by atoms with Gasteiger partial charge in [-0.2, -0.15) is 0 Å². The number of benzene rings is 1. The first-order valence-electron chi connectivity index (χ1n) is 13.8. The maximum atomic E-state index is 6.45. The van der Waals surface area contributed by atoms with Crippen molar-refractivity contribution < 1.29 is 14.5 Å². The van der Waals surface area contributed by atoms with Gasteiger partial charge in [-0.3, -0.25) is 0 Å². The van der Waals surface area contributed by atoms with Gasteiger partial charge in [-0.15, -0.1) is 0 Å². The van der Waals surface area contributed by atoms with E-state index in [0.717, 1.165) is 72.4 Å². The summed E-state index contributed by atoms with van der Waals surface area (Å²) in [6, 6.07) is 6.28. The molecule has 6 heteroatoms. The van der Waals surface area contributed by atoms with Crippen molar-refractivity contribution >= 4 is 11.4 Å². The molecule has 2 aromatic rings. The summed E-state index contributed by atoms with van der Waals surface area (Å²) in [7, 11) is 0. The van der Waals surface area contributed by atoms with Crippen LogP contribution in [0.15, 0.2) is 76.9 Å². The van der Waals surface area contributed by atoms with Gasteiger partial charge in [0.05, 0.1) is 13.2 Å². The second-order valence-electron chi connectivity index (χ2n) is 10.2. The second kappa shape index (κ2) is 13.2. The topological polar surface area (TPSA) is 69.9 Å². The minimum absolute atomic E-state index is 0.431. The molecule has 2 N–H and O–H groups in total. The van der Waals surface area contributed by atoms with E-state index in [1.54, 1.807) is 6.33 Å². The Labute approximate surface area is 226 Å². The number of anilines is 1. The van der Waals surface area contributed by atoms with Gasteiger partial charge in [0.25, 0.3) is 0 Å². The highest BCUT2D eigenvalue weighted by Crippen LogP contribution is 2.32. The summed E-state index contributed by atoms with van der Waals surface area (Å²) in [6.45, 7) is 12.1. The number of hydrogen-bond donors (Lipinski definition) is 1. The smallest absolute Gasteiger partial charge is 0.242 e.